The second kappa shape index (κ2) is 6.30. The van der Waals surface area contributed by atoms with Crippen molar-refractivity contribution in [2.24, 2.45) is 5.73 Å². The molecule has 0 aromatic heterocycles. The third-order valence-corrected chi connectivity index (χ3v) is 2.92. The predicted molar refractivity (Wildman–Crippen MR) is 75.3 cm³/mol. The molecule has 0 atom stereocenters. The number of hydrogen-bond acceptors (Lipinski definition) is 3. The Morgan fingerprint density at radius 1 is 1.25 bits per heavy atom. The third kappa shape index (κ3) is 3.42. The quantitative estimate of drug-likeness (QED) is 0.852. The topological polar surface area (TPSA) is 52.3 Å². The van der Waals surface area contributed by atoms with E-state index >= 15 is 0 Å². The number of aryl methyl sites for hydroxylation is 1. The van der Waals surface area contributed by atoms with Crippen LogP contribution in [0, 0.1) is 12.7 Å². The molecule has 3 nitrogen and oxygen atoms in total. The Bertz CT molecular complexity index is 626. The Kier molecular flexibility index (Phi) is 4.48. The van der Waals surface area contributed by atoms with E-state index in [1.54, 1.807) is 0 Å². The molecule has 0 fully saturated rings. The molecule has 0 saturated heterocycles. The lowest BCUT2D eigenvalue weighted by atomic mass is 10.1. The van der Waals surface area contributed by atoms with Crippen LogP contribution < -0.4 is 10.5 Å². The number of nitrogens with two attached hydrogens (primary N) is 1. The smallest absolute Gasteiger partial charge is 0.176 e. The summed E-state index contributed by atoms with van der Waals surface area (Å²) in [4.78, 5) is 11.4. The van der Waals surface area contributed by atoms with E-state index in [1.165, 1.54) is 12.1 Å². The van der Waals surface area contributed by atoms with Crippen LogP contribution in [0.2, 0.25) is 0 Å². The molecule has 20 heavy (non-hydrogen) atoms. The number of carbonyl (C=O) groups is 1. The summed E-state index contributed by atoms with van der Waals surface area (Å²) in [5.74, 6) is -0.730. The van der Waals surface area contributed by atoms with E-state index in [9.17, 15) is 9.18 Å². The minimum Gasteiger partial charge on any atom is -0.486 e. The highest BCUT2D eigenvalue weighted by Gasteiger charge is 2.09. The number of rotatable bonds is 5. The number of carbonyl (C=O) groups excluding carboxylic acids is 1. The highest BCUT2D eigenvalue weighted by molar-refractivity contribution is 5.97. The summed E-state index contributed by atoms with van der Waals surface area (Å²) in [5.41, 5.74) is 7.58. The molecule has 2 rings (SSSR count). The molecule has 0 saturated carbocycles. The van der Waals surface area contributed by atoms with Crippen LogP contribution in [0.5, 0.6) is 5.75 Å². The van der Waals surface area contributed by atoms with Crippen LogP contribution in [-0.2, 0) is 6.61 Å². The van der Waals surface area contributed by atoms with E-state index < -0.39 is 5.82 Å². The number of ether oxygens (including phenoxy) is 1. The van der Waals surface area contributed by atoms with E-state index in [-0.39, 0.29) is 30.2 Å². The first kappa shape index (κ1) is 14.2. The maximum Gasteiger partial charge on any atom is 0.176 e. The Balaban J connectivity index is 2.08. The van der Waals surface area contributed by atoms with E-state index in [0.717, 1.165) is 17.2 Å². The number of halogens is 1. The fraction of sp³-hybridized carbons (Fsp3) is 0.188. The van der Waals surface area contributed by atoms with E-state index in [4.69, 9.17) is 10.5 Å². The summed E-state index contributed by atoms with van der Waals surface area (Å²) in [7, 11) is 0. The van der Waals surface area contributed by atoms with Crippen molar-refractivity contribution in [3.8, 4) is 5.75 Å². The maximum atomic E-state index is 13.8. The van der Waals surface area contributed by atoms with Crippen LogP contribution in [0.4, 0.5) is 4.39 Å². The van der Waals surface area contributed by atoms with Crippen LogP contribution in [0.1, 0.15) is 21.5 Å². The standard InChI is InChI=1S/C16H16FNO2/c1-11-3-2-4-12(7-11)10-20-16-6-5-13(8-14(16)17)15(19)9-18/h2-8H,9-10,18H2,1H3. The summed E-state index contributed by atoms with van der Waals surface area (Å²) in [6.45, 7) is 2.13. The molecule has 0 heterocycles. The minimum absolute atomic E-state index is 0.125. The summed E-state index contributed by atoms with van der Waals surface area (Å²) >= 11 is 0. The first-order valence-corrected chi connectivity index (χ1v) is 6.31. The van der Waals surface area contributed by atoms with Gasteiger partial charge in [-0.15, -0.1) is 0 Å². The van der Waals surface area contributed by atoms with Crippen molar-refractivity contribution in [2.75, 3.05) is 6.54 Å². The summed E-state index contributed by atoms with van der Waals surface area (Å²) in [6.07, 6.45) is 0. The lowest BCUT2D eigenvalue weighted by Crippen LogP contribution is -2.13. The van der Waals surface area contributed by atoms with Crippen molar-refractivity contribution >= 4 is 5.78 Å². The van der Waals surface area contributed by atoms with Gasteiger partial charge in [-0.25, -0.2) is 4.39 Å². The molecular weight excluding hydrogens is 257 g/mol. The number of benzene rings is 2. The van der Waals surface area contributed by atoms with Crippen molar-refractivity contribution in [3.05, 3.63) is 65.0 Å². The number of hydrogen-bond donors (Lipinski definition) is 1. The van der Waals surface area contributed by atoms with Gasteiger partial charge in [0.15, 0.2) is 17.3 Å². The van der Waals surface area contributed by atoms with E-state index in [2.05, 4.69) is 0 Å². The molecule has 0 radical (unpaired) electrons. The normalized spacial score (nSPS) is 10.3. The molecule has 2 aromatic rings. The molecule has 0 aliphatic heterocycles. The maximum absolute atomic E-state index is 13.8. The summed E-state index contributed by atoms with van der Waals surface area (Å²) in [6, 6.07) is 11.9. The first-order chi connectivity index (χ1) is 9.60. The van der Waals surface area contributed by atoms with Crippen LogP contribution in [0.15, 0.2) is 42.5 Å². The fourth-order valence-electron chi connectivity index (χ4n) is 1.87. The molecule has 2 aromatic carbocycles. The van der Waals surface area contributed by atoms with Crippen LogP contribution in [0.3, 0.4) is 0 Å². The van der Waals surface area contributed by atoms with Crippen molar-refractivity contribution in [1.29, 1.82) is 0 Å². The zero-order valence-electron chi connectivity index (χ0n) is 11.2. The van der Waals surface area contributed by atoms with Gasteiger partial charge in [-0.05, 0) is 30.7 Å². The van der Waals surface area contributed by atoms with Crippen molar-refractivity contribution in [3.63, 3.8) is 0 Å². The van der Waals surface area contributed by atoms with Crippen LogP contribution >= 0.6 is 0 Å². The summed E-state index contributed by atoms with van der Waals surface area (Å²) in [5, 5.41) is 0. The average Bonchev–Trinajstić information content (AvgIpc) is 2.45. The van der Waals surface area contributed by atoms with Gasteiger partial charge in [-0.1, -0.05) is 29.8 Å². The zero-order valence-corrected chi connectivity index (χ0v) is 11.2. The molecule has 0 aliphatic rings. The lowest BCUT2D eigenvalue weighted by molar-refractivity contribution is 0.100. The zero-order chi connectivity index (χ0) is 14.5. The van der Waals surface area contributed by atoms with Crippen molar-refractivity contribution in [1.82, 2.24) is 0 Å². The van der Waals surface area contributed by atoms with Gasteiger partial charge in [0.2, 0.25) is 0 Å². The second-order valence-corrected chi connectivity index (χ2v) is 4.55. The van der Waals surface area contributed by atoms with Gasteiger partial charge in [-0.2, -0.15) is 0 Å². The molecule has 4 heteroatoms. The highest BCUT2D eigenvalue weighted by Crippen LogP contribution is 2.20. The van der Waals surface area contributed by atoms with Crippen LogP contribution in [0.25, 0.3) is 0 Å². The fourth-order valence-corrected chi connectivity index (χ4v) is 1.87. The van der Waals surface area contributed by atoms with Gasteiger partial charge < -0.3 is 10.5 Å². The molecule has 0 amide bonds. The Morgan fingerprint density at radius 3 is 2.70 bits per heavy atom. The van der Waals surface area contributed by atoms with E-state index in [0.29, 0.717) is 0 Å². The van der Waals surface area contributed by atoms with Crippen LogP contribution in [-0.4, -0.2) is 12.3 Å². The number of ketones is 1. The van der Waals surface area contributed by atoms with Gasteiger partial charge in [0.25, 0.3) is 0 Å². The Labute approximate surface area is 117 Å². The van der Waals surface area contributed by atoms with E-state index in [1.807, 2.05) is 31.2 Å². The SMILES string of the molecule is Cc1cccc(COc2ccc(C(=O)CN)cc2F)c1. The lowest BCUT2D eigenvalue weighted by Gasteiger charge is -2.09. The second-order valence-electron chi connectivity index (χ2n) is 4.55. The summed E-state index contributed by atoms with van der Waals surface area (Å²) < 4.78 is 19.2. The third-order valence-electron chi connectivity index (χ3n) is 2.92. The molecule has 0 unspecified atom stereocenters. The Hall–Kier alpha value is -2.20. The molecular formula is C16H16FNO2. The molecule has 2 N–H and O–H groups in total. The highest BCUT2D eigenvalue weighted by atomic mass is 19.1. The molecule has 0 aliphatic carbocycles. The molecule has 104 valence electrons. The van der Waals surface area contributed by atoms with Crippen molar-refractivity contribution < 1.29 is 13.9 Å². The number of Topliss-reactive ketones (excluding diaryl/α,β-unsaturated/α-hetero) is 1. The molecule has 0 spiro atoms. The monoisotopic (exact) mass is 273 g/mol. The van der Waals surface area contributed by atoms with Crippen molar-refractivity contribution in [2.45, 2.75) is 13.5 Å². The minimum atomic E-state index is -0.558. The largest absolute Gasteiger partial charge is 0.486 e. The first-order valence-electron chi connectivity index (χ1n) is 6.31. The molecule has 0 bridgehead atoms. The van der Waals surface area contributed by atoms with Gasteiger partial charge >= 0.3 is 0 Å². The van der Waals surface area contributed by atoms with Gasteiger partial charge in [0, 0.05) is 5.56 Å². The van der Waals surface area contributed by atoms with Gasteiger partial charge in [-0.3, -0.25) is 4.79 Å². The van der Waals surface area contributed by atoms with Gasteiger partial charge in [0.1, 0.15) is 6.61 Å². The predicted octanol–water partition coefficient (Wildman–Crippen LogP) is 2.85. The van der Waals surface area contributed by atoms with Gasteiger partial charge in [0.05, 0.1) is 6.54 Å². The Morgan fingerprint density at radius 2 is 2.05 bits per heavy atom. The average molecular weight is 273 g/mol.